The number of sulfonamides is 1. The van der Waals surface area contributed by atoms with E-state index in [1.807, 2.05) is 36.4 Å². The normalized spacial score (nSPS) is 11.4. The molecule has 0 aliphatic heterocycles. The van der Waals surface area contributed by atoms with E-state index in [1.165, 1.54) is 40.4 Å². The summed E-state index contributed by atoms with van der Waals surface area (Å²) in [6.45, 7) is 0.546. The molecule has 0 saturated heterocycles. The van der Waals surface area contributed by atoms with Crippen molar-refractivity contribution < 1.29 is 13.2 Å². The topological polar surface area (TPSA) is 66.5 Å². The van der Waals surface area contributed by atoms with Crippen molar-refractivity contribution in [1.29, 1.82) is 0 Å². The molecule has 0 radical (unpaired) electrons. The van der Waals surface area contributed by atoms with Gasteiger partial charge < -0.3 is 5.32 Å². The number of hydrogen-bond donors (Lipinski definition) is 1. The number of amides is 1. The second-order valence-electron chi connectivity index (χ2n) is 7.25. The van der Waals surface area contributed by atoms with Crippen molar-refractivity contribution in [3.63, 3.8) is 0 Å². The van der Waals surface area contributed by atoms with E-state index < -0.39 is 10.0 Å². The Morgan fingerprint density at radius 1 is 1.00 bits per heavy atom. The molecule has 0 bridgehead atoms. The fraction of sp³-hybridized carbons (Fsp3) is 0.125. The monoisotopic (exact) mass is 484 g/mol. The molecule has 32 heavy (non-hydrogen) atoms. The molecule has 1 N–H and O–H groups in total. The standard InChI is InChI=1S/C24H21ClN2O3S2/c1-27(32(29,30)21-10-7-19(25)8-11-21)20-9-12-22-18(15-20)16-23(31-22)24(28)26-14-13-17-5-3-2-4-6-17/h2-12,15-16H,13-14H2,1H3,(H,26,28). The first kappa shape index (κ1) is 22.3. The van der Waals surface area contributed by atoms with Gasteiger partial charge in [0.05, 0.1) is 15.5 Å². The van der Waals surface area contributed by atoms with Crippen LogP contribution in [0.4, 0.5) is 5.69 Å². The zero-order chi connectivity index (χ0) is 22.7. The lowest BCUT2D eigenvalue weighted by Gasteiger charge is -2.19. The van der Waals surface area contributed by atoms with Crippen LogP contribution in [-0.4, -0.2) is 27.9 Å². The fourth-order valence-corrected chi connectivity index (χ4v) is 5.57. The van der Waals surface area contributed by atoms with Crippen molar-refractivity contribution in [2.45, 2.75) is 11.3 Å². The highest BCUT2D eigenvalue weighted by atomic mass is 35.5. The van der Waals surface area contributed by atoms with E-state index in [4.69, 9.17) is 11.6 Å². The van der Waals surface area contributed by atoms with E-state index in [1.54, 1.807) is 30.3 Å². The minimum Gasteiger partial charge on any atom is -0.351 e. The van der Waals surface area contributed by atoms with Crippen molar-refractivity contribution in [2.24, 2.45) is 0 Å². The first-order valence-electron chi connectivity index (χ1n) is 9.95. The Morgan fingerprint density at radius 2 is 1.72 bits per heavy atom. The predicted octanol–water partition coefficient (Wildman–Crippen LogP) is 5.35. The van der Waals surface area contributed by atoms with Gasteiger partial charge in [0.25, 0.3) is 15.9 Å². The number of halogens is 1. The van der Waals surface area contributed by atoms with Crippen molar-refractivity contribution in [3.8, 4) is 0 Å². The molecular formula is C24H21ClN2O3S2. The summed E-state index contributed by atoms with van der Waals surface area (Å²) in [5.41, 5.74) is 1.68. The Kier molecular flexibility index (Phi) is 6.50. The fourth-order valence-electron chi connectivity index (χ4n) is 3.29. The van der Waals surface area contributed by atoms with E-state index in [9.17, 15) is 13.2 Å². The van der Waals surface area contributed by atoms with Crippen LogP contribution in [0, 0.1) is 0 Å². The minimum atomic E-state index is -3.73. The third kappa shape index (κ3) is 4.80. The molecule has 164 valence electrons. The number of carbonyl (C=O) groups is 1. The lowest BCUT2D eigenvalue weighted by atomic mass is 10.1. The quantitative estimate of drug-likeness (QED) is 0.384. The number of hydrogen-bond acceptors (Lipinski definition) is 4. The van der Waals surface area contributed by atoms with Crippen LogP contribution in [0.25, 0.3) is 10.1 Å². The van der Waals surface area contributed by atoms with E-state index in [-0.39, 0.29) is 10.8 Å². The van der Waals surface area contributed by atoms with Gasteiger partial charge in [-0.1, -0.05) is 41.9 Å². The van der Waals surface area contributed by atoms with Gasteiger partial charge in [-0.05, 0) is 65.9 Å². The van der Waals surface area contributed by atoms with Crippen LogP contribution in [-0.2, 0) is 16.4 Å². The summed E-state index contributed by atoms with van der Waals surface area (Å²) < 4.78 is 28.0. The van der Waals surface area contributed by atoms with Gasteiger partial charge in [-0.3, -0.25) is 9.10 Å². The van der Waals surface area contributed by atoms with Crippen molar-refractivity contribution in [1.82, 2.24) is 5.32 Å². The predicted molar refractivity (Wildman–Crippen MR) is 131 cm³/mol. The summed E-state index contributed by atoms with van der Waals surface area (Å²) in [4.78, 5) is 13.3. The van der Waals surface area contributed by atoms with E-state index in [2.05, 4.69) is 5.32 Å². The van der Waals surface area contributed by atoms with Gasteiger partial charge in [-0.15, -0.1) is 11.3 Å². The molecule has 1 aromatic heterocycles. The Labute approximate surface area is 196 Å². The maximum Gasteiger partial charge on any atom is 0.264 e. The third-order valence-electron chi connectivity index (χ3n) is 5.10. The summed E-state index contributed by atoms with van der Waals surface area (Å²) in [5, 5.41) is 4.24. The van der Waals surface area contributed by atoms with Gasteiger partial charge in [0.2, 0.25) is 0 Å². The highest BCUT2D eigenvalue weighted by molar-refractivity contribution is 7.92. The number of thiophene rings is 1. The first-order valence-corrected chi connectivity index (χ1v) is 12.6. The SMILES string of the molecule is CN(c1ccc2sc(C(=O)NCCc3ccccc3)cc2c1)S(=O)(=O)c1ccc(Cl)cc1. The van der Waals surface area contributed by atoms with Crippen LogP contribution in [0.2, 0.25) is 5.02 Å². The van der Waals surface area contributed by atoms with Crippen LogP contribution >= 0.6 is 22.9 Å². The van der Waals surface area contributed by atoms with Gasteiger partial charge in [0.1, 0.15) is 0 Å². The van der Waals surface area contributed by atoms with Gasteiger partial charge in [0, 0.05) is 23.3 Å². The maximum atomic E-state index is 12.9. The summed E-state index contributed by atoms with van der Waals surface area (Å²) in [5.74, 6) is -0.133. The molecule has 0 fully saturated rings. The lowest BCUT2D eigenvalue weighted by Crippen LogP contribution is -2.26. The van der Waals surface area contributed by atoms with Crippen molar-refractivity contribution in [3.05, 3.63) is 94.3 Å². The summed E-state index contributed by atoms with van der Waals surface area (Å²) in [6.07, 6.45) is 0.759. The molecule has 0 unspecified atom stereocenters. The number of benzene rings is 3. The highest BCUT2D eigenvalue weighted by Gasteiger charge is 2.22. The molecule has 0 saturated carbocycles. The van der Waals surface area contributed by atoms with E-state index >= 15 is 0 Å². The molecular weight excluding hydrogens is 464 g/mol. The van der Waals surface area contributed by atoms with Gasteiger partial charge in [-0.25, -0.2) is 8.42 Å². The van der Waals surface area contributed by atoms with E-state index in [0.29, 0.717) is 22.1 Å². The number of nitrogens with one attached hydrogen (secondary N) is 1. The maximum absolute atomic E-state index is 12.9. The molecule has 3 aromatic carbocycles. The molecule has 4 rings (SSSR count). The minimum absolute atomic E-state index is 0.133. The largest absolute Gasteiger partial charge is 0.351 e. The van der Waals surface area contributed by atoms with E-state index in [0.717, 1.165) is 16.5 Å². The van der Waals surface area contributed by atoms with Gasteiger partial charge in [-0.2, -0.15) is 0 Å². The summed E-state index contributed by atoms with van der Waals surface area (Å²) in [6, 6.07) is 23.2. The number of fused-ring (bicyclic) bond motifs is 1. The van der Waals surface area contributed by atoms with Crippen LogP contribution in [0.3, 0.4) is 0 Å². The highest BCUT2D eigenvalue weighted by Crippen LogP contribution is 2.31. The Bertz CT molecular complexity index is 1350. The molecule has 0 spiro atoms. The Morgan fingerprint density at radius 3 is 2.44 bits per heavy atom. The average molecular weight is 485 g/mol. The average Bonchev–Trinajstić information content (AvgIpc) is 3.23. The van der Waals surface area contributed by atoms with Crippen LogP contribution in [0.5, 0.6) is 0 Å². The number of nitrogens with zero attached hydrogens (tertiary/aromatic N) is 1. The second-order valence-corrected chi connectivity index (χ2v) is 10.7. The zero-order valence-corrected chi connectivity index (χ0v) is 19.7. The summed E-state index contributed by atoms with van der Waals surface area (Å²) in [7, 11) is -2.22. The summed E-state index contributed by atoms with van der Waals surface area (Å²) >= 11 is 7.26. The van der Waals surface area contributed by atoms with Crippen LogP contribution < -0.4 is 9.62 Å². The molecule has 5 nitrogen and oxygen atoms in total. The molecule has 8 heteroatoms. The lowest BCUT2D eigenvalue weighted by molar-refractivity contribution is 0.0958. The number of rotatable bonds is 7. The Hall–Kier alpha value is -2.87. The first-order chi connectivity index (χ1) is 15.3. The number of anilines is 1. The third-order valence-corrected chi connectivity index (χ3v) is 8.27. The smallest absolute Gasteiger partial charge is 0.264 e. The molecule has 1 heterocycles. The van der Waals surface area contributed by atoms with Crippen LogP contribution in [0.1, 0.15) is 15.2 Å². The van der Waals surface area contributed by atoms with Crippen molar-refractivity contribution in [2.75, 3.05) is 17.9 Å². The van der Waals surface area contributed by atoms with Crippen LogP contribution in [0.15, 0.2) is 83.8 Å². The zero-order valence-electron chi connectivity index (χ0n) is 17.3. The second kappa shape index (κ2) is 9.32. The Balaban J connectivity index is 1.49. The molecule has 0 aliphatic rings. The van der Waals surface area contributed by atoms with Crippen molar-refractivity contribution >= 4 is 54.6 Å². The molecule has 1 amide bonds. The molecule has 4 aromatic rings. The molecule has 0 atom stereocenters. The van der Waals surface area contributed by atoms with Gasteiger partial charge in [0.15, 0.2) is 0 Å². The molecule has 0 aliphatic carbocycles. The van der Waals surface area contributed by atoms with Gasteiger partial charge >= 0.3 is 0 Å². The number of carbonyl (C=O) groups excluding carboxylic acids is 1.